The Morgan fingerprint density at radius 1 is 0.643 bits per heavy atom. The van der Waals surface area contributed by atoms with E-state index in [9.17, 15) is 19.2 Å². The summed E-state index contributed by atoms with van der Waals surface area (Å²) in [5.41, 5.74) is 5.80. The van der Waals surface area contributed by atoms with Gasteiger partial charge >= 0.3 is 12.2 Å². The van der Waals surface area contributed by atoms with E-state index in [0.29, 0.717) is 25.9 Å². The summed E-state index contributed by atoms with van der Waals surface area (Å²) in [6.07, 6.45) is 6.69. The summed E-state index contributed by atoms with van der Waals surface area (Å²) in [4.78, 5) is 71.2. The predicted octanol–water partition coefficient (Wildman–Crippen LogP) is 7.00. The molecule has 4 aromatic rings. The lowest BCUT2D eigenvalue weighted by Crippen LogP contribution is -2.49. The second kappa shape index (κ2) is 17.9. The second-order valence-corrected chi connectivity index (χ2v) is 15.5. The number of hydrogen-bond acceptors (Lipinski definition) is 8. The number of H-pyrrole nitrogens is 2. The molecule has 2 aromatic heterocycles. The molecule has 56 heavy (non-hydrogen) atoms. The first-order chi connectivity index (χ1) is 26.9. The van der Waals surface area contributed by atoms with Gasteiger partial charge in [-0.25, -0.2) is 19.6 Å². The number of nitrogens with zero attached hydrogens (tertiary/aromatic N) is 4. The topological polar surface area (TPSA) is 175 Å². The van der Waals surface area contributed by atoms with Gasteiger partial charge in [0.25, 0.3) is 0 Å². The molecule has 2 aliphatic heterocycles. The molecule has 0 bridgehead atoms. The molecule has 2 saturated heterocycles. The van der Waals surface area contributed by atoms with Crippen molar-refractivity contribution in [1.29, 1.82) is 0 Å². The van der Waals surface area contributed by atoms with Gasteiger partial charge in [-0.2, -0.15) is 0 Å². The minimum Gasteiger partial charge on any atom is -0.453 e. The van der Waals surface area contributed by atoms with Crippen LogP contribution in [0.1, 0.15) is 90.0 Å². The Kier molecular flexibility index (Phi) is 12.8. The number of aromatic nitrogens is 4. The zero-order valence-corrected chi connectivity index (χ0v) is 33.1. The maximum absolute atomic E-state index is 13.6. The Morgan fingerprint density at radius 3 is 1.34 bits per heavy atom. The van der Waals surface area contributed by atoms with Crippen molar-refractivity contribution < 1.29 is 28.7 Å². The summed E-state index contributed by atoms with van der Waals surface area (Å²) in [5.74, 6) is 1.64. The first kappa shape index (κ1) is 40.0. The van der Waals surface area contributed by atoms with Gasteiger partial charge in [0.05, 0.1) is 50.1 Å². The molecule has 2 fully saturated rings. The lowest BCUT2D eigenvalue weighted by atomic mass is 10.0. The number of aromatic amines is 2. The molecule has 2 aromatic carbocycles. The molecule has 0 saturated carbocycles. The summed E-state index contributed by atoms with van der Waals surface area (Å²) < 4.78 is 9.57. The molecule has 4 N–H and O–H groups in total. The molecule has 0 spiro atoms. The van der Waals surface area contributed by atoms with Gasteiger partial charge in [-0.3, -0.25) is 9.59 Å². The average molecular weight is 767 g/mol. The Bertz CT molecular complexity index is 1830. The van der Waals surface area contributed by atoms with E-state index in [1.165, 1.54) is 14.2 Å². The zero-order chi connectivity index (χ0) is 39.9. The molecule has 4 atom stereocenters. The number of amides is 4. The van der Waals surface area contributed by atoms with Gasteiger partial charge in [0.2, 0.25) is 11.8 Å². The standard InChI is InChI=1S/C42H54N8O6/c1-25(2)21-31(47-41(53)55-5)39(51)49-19-7-9-35(49)37-43-23-33(45-37)29-15-11-27(12-16-29)28-13-17-30(18-14-28)34-24-44-38(46-34)36-10-8-20-50(36)40(52)32(22-26(3)4)48-42(54)56-6/h11-18,23-26,31-32,35-36H,7-10,19-22H2,1-6H3,(H,43,45)(H,44,46)(H,47,53)(H,48,54)/t31-,32-,35-,36?/m0/s1. The fourth-order valence-corrected chi connectivity index (χ4v) is 7.81. The van der Waals surface area contributed by atoms with Gasteiger partial charge < -0.3 is 39.9 Å². The summed E-state index contributed by atoms with van der Waals surface area (Å²) in [6, 6.07) is 14.8. The first-order valence-electron chi connectivity index (χ1n) is 19.6. The van der Waals surface area contributed by atoms with Gasteiger partial charge in [0.15, 0.2) is 0 Å². The molecule has 0 radical (unpaired) electrons. The number of imidazole rings is 2. The van der Waals surface area contributed by atoms with Crippen molar-refractivity contribution in [3.63, 3.8) is 0 Å². The van der Waals surface area contributed by atoms with Gasteiger partial charge in [-0.1, -0.05) is 76.2 Å². The van der Waals surface area contributed by atoms with Crippen LogP contribution in [-0.4, -0.2) is 93.1 Å². The van der Waals surface area contributed by atoms with E-state index < -0.39 is 24.3 Å². The summed E-state index contributed by atoms with van der Waals surface area (Å²) in [5, 5.41) is 5.45. The molecular formula is C42H54N8O6. The lowest BCUT2D eigenvalue weighted by Gasteiger charge is -2.29. The Morgan fingerprint density at radius 2 is 1.00 bits per heavy atom. The molecule has 4 amide bonds. The average Bonchev–Trinajstić information content (AvgIpc) is 4.03. The second-order valence-electron chi connectivity index (χ2n) is 15.5. The van der Waals surface area contributed by atoms with E-state index in [1.807, 2.05) is 37.5 Å². The number of alkyl carbamates (subject to hydrolysis) is 2. The van der Waals surface area contributed by atoms with Crippen LogP contribution in [0.25, 0.3) is 33.6 Å². The number of rotatable bonds is 13. The largest absolute Gasteiger partial charge is 0.453 e. The first-order valence-corrected chi connectivity index (χ1v) is 19.6. The van der Waals surface area contributed by atoms with E-state index in [0.717, 1.165) is 71.0 Å². The molecular weight excluding hydrogens is 713 g/mol. The lowest BCUT2D eigenvalue weighted by molar-refractivity contribution is -0.135. The highest BCUT2D eigenvalue weighted by atomic mass is 16.5. The minimum atomic E-state index is -0.664. The van der Waals surface area contributed by atoms with Crippen LogP contribution in [-0.2, 0) is 19.1 Å². The SMILES string of the molecule is COC(=O)N[C@@H](CC(C)C)C(=O)N1CCCC1c1ncc(-c2ccc(-c3ccc(-c4cnc([C@@H]5CCCN5C(=O)[C@H](CC(C)C)NC(=O)OC)[nH]4)cc3)cc2)[nH]1. The molecule has 4 heterocycles. The summed E-state index contributed by atoms with van der Waals surface area (Å²) >= 11 is 0. The number of carbonyl (C=O) groups excluding carboxylic acids is 4. The number of likely N-dealkylation sites (tertiary alicyclic amines) is 2. The molecule has 2 aliphatic rings. The van der Waals surface area contributed by atoms with Crippen LogP contribution in [0, 0.1) is 11.8 Å². The molecule has 1 unspecified atom stereocenters. The van der Waals surface area contributed by atoms with Crippen molar-refractivity contribution in [2.24, 2.45) is 11.8 Å². The highest BCUT2D eigenvalue weighted by molar-refractivity contribution is 5.87. The molecule has 14 nitrogen and oxygen atoms in total. The van der Waals surface area contributed by atoms with Crippen LogP contribution in [0.4, 0.5) is 9.59 Å². The fraction of sp³-hybridized carbons (Fsp3) is 0.476. The Labute approximate surface area is 328 Å². The minimum absolute atomic E-state index is 0.123. The zero-order valence-electron chi connectivity index (χ0n) is 33.1. The maximum Gasteiger partial charge on any atom is 0.407 e. The summed E-state index contributed by atoms with van der Waals surface area (Å²) in [6.45, 7) is 9.28. The Hall–Kier alpha value is -5.66. The predicted molar refractivity (Wildman–Crippen MR) is 212 cm³/mol. The number of methoxy groups -OCH3 is 2. The van der Waals surface area contributed by atoms with Crippen molar-refractivity contribution in [3.05, 3.63) is 72.6 Å². The van der Waals surface area contributed by atoms with Crippen LogP contribution >= 0.6 is 0 Å². The molecule has 6 rings (SSSR count). The fourth-order valence-electron chi connectivity index (χ4n) is 7.81. The number of hydrogen-bond donors (Lipinski definition) is 4. The third-order valence-corrected chi connectivity index (χ3v) is 10.6. The number of benzene rings is 2. The van der Waals surface area contributed by atoms with E-state index in [1.54, 1.807) is 12.4 Å². The molecule has 298 valence electrons. The normalized spacial score (nSPS) is 17.9. The third kappa shape index (κ3) is 9.23. The van der Waals surface area contributed by atoms with Crippen molar-refractivity contribution in [1.82, 2.24) is 40.4 Å². The monoisotopic (exact) mass is 766 g/mol. The van der Waals surface area contributed by atoms with Gasteiger partial charge in [0, 0.05) is 13.1 Å². The van der Waals surface area contributed by atoms with E-state index in [-0.39, 0.29) is 35.7 Å². The highest BCUT2D eigenvalue weighted by Crippen LogP contribution is 2.35. The quantitative estimate of drug-likeness (QED) is 0.113. The van der Waals surface area contributed by atoms with Gasteiger partial charge in [-0.15, -0.1) is 0 Å². The van der Waals surface area contributed by atoms with E-state index in [2.05, 4.69) is 79.1 Å². The van der Waals surface area contributed by atoms with Crippen LogP contribution < -0.4 is 10.6 Å². The van der Waals surface area contributed by atoms with E-state index in [4.69, 9.17) is 9.47 Å². The molecule has 0 aliphatic carbocycles. The number of ether oxygens (including phenoxy) is 2. The van der Waals surface area contributed by atoms with Crippen molar-refractivity contribution in [2.75, 3.05) is 27.3 Å². The maximum atomic E-state index is 13.6. The van der Waals surface area contributed by atoms with Crippen molar-refractivity contribution >= 4 is 24.0 Å². The van der Waals surface area contributed by atoms with Crippen molar-refractivity contribution in [2.45, 2.75) is 90.4 Å². The van der Waals surface area contributed by atoms with Crippen LogP contribution in [0.2, 0.25) is 0 Å². The smallest absolute Gasteiger partial charge is 0.407 e. The van der Waals surface area contributed by atoms with Crippen molar-refractivity contribution in [3.8, 4) is 33.6 Å². The highest BCUT2D eigenvalue weighted by Gasteiger charge is 2.38. The van der Waals surface area contributed by atoms with Crippen LogP contribution in [0.3, 0.4) is 0 Å². The van der Waals surface area contributed by atoms with Gasteiger partial charge in [0.1, 0.15) is 23.7 Å². The van der Waals surface area contributed by atoms with Crippen LogP contribution in [0.5, 0.6) is 0 Å². The number of nitrogens with one attached hydrogen (secondary N) is 4. The van der Waals surface area contributed by atoms with Crippen LogP contribution in [0.15, 0.2) is 60.9 Å². The Balaban J connectivity index is 1.10. The summed E-state index contributed by atoms with van der Waals surface area (Å²) in [7, 11) is 2.60. The van der Waals surface area contributed by atoms with E-state index >= 15 is 0 Å². The molecule has 14 heteroatoms. The third-order valence-electron chi connectivity index (χ3n) is 10.6. The van der Waals surface area contributed by atoms with Gasteiger partial charge in [-0.05, 0) is 72.6 Å². The number of carbonyl (C=O) groups is 4.